The van der Waals surface area contributed by atoms with Gasteiger partial charge in [0.05, 0.1) is 22.1 Å². The Morgan fingerprint density at radius 2 is 2.00 bits per heavy atom. The van der Waals surface area contributed by atoms with Gasteiger partial charge in [0.15, 0.2) is 5.67 Å². The number of carbonyl (C=O) groups is 3. The van der Waals surface area contributed by atoms with E-state index in [-0.39, 0.29) is 18.7 Å². The number of likely N-dealkylation sites (tertiary alicyclic amines) is 1. The van der Waals surface area contributed by atoms with Gasteiger partial charge in [-0.1, -0.05) is 46.2 Å². The molecule has 0 radical (unpaired) electrons. The molecule has 39 heavy (non-hydrogen) atoms. The van der Waals surface area contributed by atoms with Crippen LogP contribution in [0.2, 0.25) is 0 Å². The van der Waals surface area contributed by atoms with Crippen molar-refractivity contribution in [2.24, 2.45) is 5.41 Å². The lowest BCUT2D eigenvalue weighted by molar-refractivity contribution is -0.142. The van der Waals surface area contributed by atoms with Crippen molar-refractivity contribution in [1.82, 2.24) is 20.5 Å². The summed E-state index contributed by atoms with van der Waals surface area (Å²) in [4.78, 5) is 42.8. The van der Waals surface area contributed by atoms with Crippen LogP contribution in [0.3, 0.4) is 0 Å². The number of hydrogen-bond donors (Lipinski definition) is 2. The number of amides is 2. The van der Waals surface area contributed by atoms with Crippen molar-refractivity contribution in [3.63, 3.8) is 0 Å². The average molecular weight is 559 g/mol. The van der Waals surface area contributed by atoms with Gasteiger partial charge in [-0.2, -0.15) is 0 Å². The zero-order chi connectivity index (χ0) is 28.8. The van der Waals surface area contributed by atoms with Crippen LogP contribution in [0.5, 0.6) is 0 Å². The Bertz CT molecular complexity index is 1160. The minimum atomic E-state index is -1.81. The first-order valence-corrected chi connectivity index (χ1v) is 14.8. The van der Waals surface area contributed by atoms with Gasteiger partial charge in [0.2, 0.25) is 5.91 Å². The van der Waals surface area contributed by atoms with E-state index >= 15 is 0 Å². The molecule has 1 aliphatic carbocycles. The van der Waals surface area contributed by atoms with E-state index < -0.39 is 29.1 Å². The normalized spacial score (nSPS) is 18.6. The lowest BCUT2D eigenvalue weighted by Gasteiger charge is -2.35. The lowest BCUT2D eigenvalue weighted by atomic mass is 9.85. The molecular weight excluding hydrogens is 515 g/mol. The summed E-state index contributed by atoms with van der Waals surface area (Å²) < 4.78 is 13.8. The third kappa shape index (κ3) is 7.72. The van der Waals surface area contributed by atoms with Crippen molar-refractivity contribution < 1.29 is 18.8 Å². The van der Waals surface area contributed by atoms with Crippen molar-refractivity contribution in [1.29, 1.82) is 0 Å². The van der Waals surface area contributed by atoms with E-state index in [4.69, 9.17) is 0 Å². The number of aromatic nitrogens is 1. The molecule has 2 atom stereocenters. The number of benzene rings is 1. The van der Waals surface area contributed by atoms with Crippen LogP contribution in [0.4, 0.5) is 4.39 Å². The van der Waals surface area contributed by atoms with Gasteiger partial charge in [0.25, 0.3) is 5.91 Å². The summed E-state index contributed by atoms with van der Waals surface area (Å²) >= 11 is 1.72. The molecule has 2 aromatic rings. The first-order valence-electron chi connectivity index (χ1n) is 13.9. The lowest BCUT2D eigenvalue weighted by Crippen LogP contribution is -2.57. The number of nitrogens with one attached hydrogen (secondary N) is 2. The van der Waals surface area contributed by atoms with Gasteiger partial charge in [-0.25, -0.2) is 9.37 Å². The molecule has 9 heteroatoms. The molecule has 1 saturated carbocycles. The maximum absolute atomic E-state index is 13.8. The first kappa shape index (κ1) is 30.9. The Morgan fingerprint density at radius 1 is 1.28 bits per heavy atom. The average Bonchev–Trinajstić information content (AvgIpc) is 3.27. The summed E-state index contributed by atoms with van der Waals surface area (Å²) in [6, 6.07) is 5.54. The van der Waals surface area contributed by atoms with Crippen LogP contribution in [-0.4, -0.2) is 59.3 Å². The van der Waals surface area contributed by atoms with Gasteiger partial charge in [-0.15, -0.1) is 11.3 Å². The van der Waals surface area contributed by atoms with E-state index in [0.29, 0.717) is 13.0 Å². The summed E-state index contributed by atoms with van der Waals surface area (Å²) in [6.45, 7) is 11.2. The predicted molar refractivity (Wildman–Crippen MR) is 154 cm³/mol. The molecule has 4 rings (SSSR count). The summed E-state index contributed by atoms with van der Waals surface area (Å²) in [7, 11) is 2.00. The standard InChI is InChI=1S/C15H23FN2O3.C15H20N2S/c1-14(2,3)11(17-13(21)15(16)6-7-15)12(20)18-8-4-5-10(18)9-19;1-4-5-12-8-13(6-7-14(12)9-16-3)15-11(2)17-10-18-15/h9-11H,4-8H2,1-3H3,(H,17,21);6-8,10,16H,4-5,9H2,1-3H3. The highest BCUT2D eigenvalue weighted by atomic mass is 32.1. The Morgan fingerprint density at radius 3 is 2.54 bits per heavy atom. The van der Waals surface area contributed by atoms with Gasteiger partial charge < -0.3 is 20.3 Å². The minimum Gasteiger partial charge on any atom is -0.341 e. The molecule has 1 aromatic carbocycles. The number of thiazole rings is 1. The largest absolute Gasteiger partial charge is 0.341 e. The zero-order valence-electron chi connectivity index (χ0n) is 24.1. The van der Waals surface area contributed by atoms with Gasteiger partial charge in [-0.05, 0) is 74.2 Å². The van der Waals surface area contributed by atoms with E-state index in [1.807, 2.05) is 33.3 Å². The molecule has 2 aliphatic rings. The Kier molecular flexibility index (Phi) is 10.4. The van der Waals surface area contributed by atoms with Crippen LogP contribution in [0.1, 0.15) is 76.6 Å². The van der Waals surface area contributed by atoms with Crippen molar-refractivity contribution >= 4 is 29.4 Å². The monoisotopic (exact) mass is 558 g/mol. The molecule has 0 spiro atoms. The minimum absolute atomic E-state index is 0.213. The summed E-state index contributed by atoms with van der Waals surface area (Å²) in [5, 5.41) is 5.80. The molecule has 2 fully saturated rings. The molecule has 2 heterocycles. The molecule has 1 aliphatic heterocycles. The van der Waals surface area contributed by atoms with Crippen LogP contribution in [0.15, 0.2) is 23.7 Å². The van der Waals surface area contributed by atoms with Crippen molar-refractivity contribution in [2.45, 2.75) is 97.4 Å². The number of rotatable bonds is 9. The molecule has 7 nitrogen and oxygen atoms in total. The number of carbonyl (C=O) groups excluding carboxylic acids is 3. The van der Waals surface area contributed by atoms with Crippen LogP contribution in [0, 0.1) is 12.3 Å². The van der Waals surface area contributed by atoms with Gasteiger partial charge >= 0.3 is 0 Å². The molecule has 2 unspecified atom stereocenters. The molecule has 2 N–H and O–H groups in total. The fraction of sp³-hybridized carbons (Fsp3) is 0.600. The van der Waals surface area contributed by atoms with Crippen molar-refractivity contribution in [2.75, 3.05) is 13.6 Å². The smallest absolute Gasteiger partial charge is 0.258 e. The molecule has 214 valence electrons. The quantitative estimate of drug-likeness (QED) is 0.423. The fourth-order valence-electron chi connectivity index (χ4n) is 4.83. The van der Waals surface area contributed by atoms with Gasteiger partial charge in [-0.3, -0.25) is 9.59 Å². The zero-order valence-corrected chi connectivity index (χ0v) is 24.9. The third-order valence-electron chi connectivity index (χ3n) is 7.32. The molecular formula is C30H43FN4O3S. The summed E-state index contributed by atoms with van der Waals surface area (Å²) in [5.74, 6) is -1.01. The predicted octanol–water partition coefficient (Wildman–Crippen LogP) is 5.00. The van der Waals surface area contributed by atoms with E-state index in [9.17, 15) is 18.8 Å². The molecule has 0 bridgehead atoms. The maximum atomic E-state index is 13.8. The molecule has 2 amide bonds. The fourth-order valence-corrected chi connectivity index (χ4v) is 5.63. The highest BCUT2D eigenvalue weighted by Crippen LogP contribution is 2.40. The van der Waals surface area contributed by atoms with Gasteiger partial charge in [0.1, 0.15) is 12.3 Å². The summed E-state index contributed by atoms with van der Waals surface area (Å²) in [6.07, 6.45) is 4.93. The van der Waals surface area contributed by atoms with Crippen molar-refractivity contribution in [3.8, 4) is 10.4 Å². The van der Waals surface area contributed by atoms with E-state index in [1.54, 1.807) is 11.3 Å². The number of nitrogens with zero attached hydrogens (tertiary/aromatic N) is 2. The Balaban J connectivity index is 0.000000218. The van der Waals surface area contributed by atoms with Crippen LogP contribution in [0.25, 0.3) is 10.4 Å². The second-order valence-corrected chi connectivity index (χ2v) is 12.5. The SMILES string of the molecule is CC(C)(C)C(NC(=O)C1(F)CC1)C(=O)N1CCCC1C=O.CCCc1cc(-c2scnc2C)ccc1CNC. The second-order valence-electron chi connectivity index (χ2n) is 11.6. The highest BCUT2D eigenvalue weighted by Gasteiger charge is 2.53. The number of hydrogen-bond acceptors (Lipinski definition) is 6. The number of alkyl halides is 1. The third-order valence-corrected chi connectivity index (χ3v) is 8.30. The van der Waals surface area contributed by atoms with Crippen LogP contribution < -0.4 is 10.6 Å². The van der Waals surface area contributed by atoms with Crippen molar-refractivity contribution in [3.05, 3.63) is 40.5 Å². The topological polar surface area (TPSA) is 91.4 Å². The van der Waals surface area contributed by atoms with E-state index in [2.05, 4.69) is 47.7 Å². The van der Waals surface area contributed by atoms with Crippen LogP contribution in [-0.2, 0) is 27.3 Å². The maximum Gasteiger partial charge on any atom is 0.258 e. The number of aldehydes is 1. The van der Waals surface area contributed by atoms with Gasteiger partial charge in [0, 0.05) is 13.1 Å². The highest BCUT2D eigenvalue weighted by molar-refractivity contribution is 7.13. The Labute approximate surface area is 236 Å². The summed E-state index contributed by atoms with van der Waals surface area (Å²) in [5.41, 5.74) is 4.86. The molecule has 1 saturated heterocycles. The van der Waals surface area contributed by atoms with E-state index in [0.717, 1.165) is 31.4 Å². The molecule has 1 aromatic heterocycles. The number of aryl methyl sites for hydroxylation is 2. The second kappa shape index (κ2) is 13.1. The van der Waals surface area contributed by atoms with E-state index in [1.165, 1.54) is 32.9 Å². The van der Waals surface area contributed by atoms with Crippen LogP contribution >= 0.6 is 11.3 Å². The number of halogens is 1. The Hall–Kier alpha value is -2.65. The first-order chi connectivity index (χ1) is 18.4.